The van der Waals surface area contributed by atoms with E-state index in [2.05, 4.69) is 9.97 Å². The molecule has 0 spiro atoms. The molecule has 0 atom stereocenters. The Morgan fingerprint density at radius 3 is 2.68 bits per heavy atom. The van der Waals surface area contributed by atoms with Crippen LogP contribution in [0.5, 0.6) is 11.5 Å². The molecule has 0 unspecified atom stereocenters. The molecule has 0 fully saturated rings. The maximum absolute atomic E-state index is 13.0. The number of aromatic nitrogens is 2. The molecule has 2 aromatic carbocycles. The Balaban J connectivity index is 1.69. The minimum atomic E-state index is -0.0400. The average molecular weight is 375 g/mol. The fourth-order valence-electron chi connectivity index (χ4n) is 3.51. The lowest BCUT2D eigenvalue weighted by atomic mass is 9.98. The molecular formula is C22H21N3O3. The van der Waals surface area contributed by atoms with Crippen molar-refractivity contribution in [2.75, 3.05) is 13.7 Å². The molecule has 4 rings (SSSR count). The second kappa shape index (κ2) is 7.31. The van der Waals surface area contributed by atoms with Gasteiger partial charge >= 0.3 is 0 Å². The molecule has 142 valence electrons. The highest BCUT2D eigenvalue weighted by Crippen LogP contribution is 2.30. The summed E-state index contributed by atoms with van der Waals surface area (Å²) in [5.74, 6) is 1.53. The largest absolute Gasteiger partial charge is 0.508 e. The first-order valence-electron chi connectivity index (χ1n) is 9.14. The van der Waals surface area contributed by atoms with Gasteiger partial charge < -0.3 is 14.7 Å². The Morgan fingerprint density at radius 2 is 1.93 bits per heavy atom. The van der Waals surface area contributed by atoms with Crippen molar-refractivity contribution in [1.82, 2.24) is 14.9 Å². The Hall–Kier alpha value is -3.41. The summed E-state index contributed by atoms with van der Waals surface area (Å²) in [5.41, 5.74) is 4.24. The highest BCUT2D eigenvalue weighted by atomic mass is 16.5. The molecule has 0 bridgehead atoms. The van der Waals surface area contributed by atoms with Crippen molar-refractivity contribution < 1.29 is 14.6 Å². The fraction of sp³-hybridized carbons (Fsp3) is 0.227. The molecule has 0 saturated carbocycles. The van der Waals surface area contributed by atoms with Crippen LogP contribution in [0.4, 0.5) is 0 Å². The number of ether oxygens (including phenoxy) is 1. The van der Waals surface area contributed by atoms with Gasteiger partial charge in [-0.3, -0.25) is 4.79 Å². The number of fused-ring (bicyclic) bond motifs is 1. The van der Waals surface area contributed by atoms with Crippen LogP contribution < -0.4 is 4.74 Å². The Labute approximate surface area is 163 Å². The lowest BCUT2D eigenvalue weighted by Gasteiger charge is -2.30. The molecule has 1 amide bonds. The zero-order valence-electron chi connectivity index (χ0n) is 15.8. The molecule has 28 heavy (non-hydrogen) atoms. The minimum absolute atomic E-state index is 0.0400. The normalized spacial score (nSPS) is 13.1. The molecule has 1 aliphatic rings. The van der Waals surface area contributed by atoms with Crippen LogP contribution >= 0.6 is 0 Å². The number of phenolic OH excluding ortho intramolecular Hbond substituents is 1. The van der Waals surface area contributed by atoms with Gasteiger partial charge in [-0.05, 0) is 49.4 Å². The Bertz CT molecular complexity index is 1030. The predicted molar refractivity (Wildman–Crippen MR) is 105 cm³/mol. The summed E-state index contributed by atoms with van der Waals surface area (Å²) < 4.78 is 5.24. The molecule has 1 aromatic heterocycles. The summed E-state index contributed by atoms with van der Waals surface area (Å²) in [6, 6.07) is 14.1. The van der Waals surface area contributed by atoms with Crippen molar-refractivity contribution in [2.45, 2.75) is 19.9 Å². The highest BCUT2D eigenvalue weighted by molar-refractivity contribution is 5.94. The van der Waals surface area contributed by atoms with Crippen molar-refractivity contribution in [3.05, 3.63) is 71.2 Å². The molecule has 0 saturated heterocycles. The van der Waals surface area contributed by atoms with Crippen LogP contribution in [0.3, 0.4) is 0 Å². The number of aryl methyl sites for hydroxylation is 1. The van der Waals surface area contributed by atoms with E-state index in [0.29, 0.717) is 36.6 Å². The highest BCUT2D eigenvalue weighted by Gasteiger charge is 2.26. The summed E-state index contributed by atoms with van der Waals surface area (Å²) in [6.07, 6.45) is 0.680. The number of hydrogen-bond acceptors (Lipinski definition) is 5. The molecule has 0 aliphatic carbocycles. The van der Waals surface area contributed by atoms with Gasteiger partial charge in [-0.25, -0.2) is 9.97 Å². The maximum atomic E-state index is 13.0. The van der Waals surface area contributed by atoms with Crippen LogP contribution in [-0.4, -0.2) is 39.5 Å². The Kier molecular flexibility index (Phi) is 4.69. The third-order valence-electron chi connectivity index (χ3n) is 4.92. The summed E-state index contributed by atoms with van der Waals surface area (Å²) >= 11 is 0. The van der Waals surface area contributed by atoms with Crippen molar-refractivity contribution in [1.29, 1.82) is 0 Å². The lowest BCUT2D eigenvalue weighted by molar-refractivity contribution is 0.0733. The molecule has 6 nitrogen and oxygen atoms in total. The quantitative estimate of drug-likeness (QED) is 0.760. The van der Waals surface area contributed by atoms with Crippen molar-refractivity contribution in [3.8, 4) is 22.8 Å². The van der Waals surface area contributed by atoms with E-state index >= 15 is 0 Å². The van der Waals surface area contributed by atoms with Gasteiger partial charge in [-0.1, -0.05) is 6.07 Å². The van der Waals surface area contributed by atoms with Gasteiger partial charge in [-0.15, -0.1) is 0 Å². The maximum Gasteiger partial charge on any atom is 0.254 e. The fourth-order valence-corrected chi connectivity index (χ4v) is 3.51. The summed E-state index contributed by atoms with van der Waals surface area (Å²) in [5, 5.41) is 9.58. The number of benzene rings is 2. The van der Waals surface area contributed by atoms with E-state index in [4.69, 9.17) is 4.74 Å². The van der Waals surface area contributed by atoms with Gasteiger partial charge in [-0.2, -0.15) is 0 Å². The van der Waals surface area contributed by atoms with Gasteiger partial charge in [0.15, 0.2) is 0 Å². The zero-order chi connectivity index (χ0) is 19.7. The topological polar surface area (TPSA) is 75.5 Å². The number of carbonyl (C=O) groups is 1. The molecule has 1 aliphatic heterocycles. The van der Waals surface area contributed by atoms with Gasteiger partial charge in [0.1, 0.15) is 17.3 Å². The van der Waals surface area contributed by atoms with Gasteiger partial charge in [0.25, 0.3) is 5.91 Å². The van der Waals surface area contributed by atoms with E-state index in [-0.39, 0.29) is 11.7 Å². The van der Waals surface area contributed by atoms with Gasteiger partial charge in [0.05, 0.1) is 18.5 Å². The molecule has 6 heteroatoms. The molecule has 2 heterocycles. The molecular weight excluding hydrogens is 354 g/mol. The lowest BCUT2D eigenvalue weighted by Crippen LogP contribution is -2.37. The van der Waals surface area contributed by atoms with Crippen LogP contribution in [0.1, 0.15) is 27.4 Å². The van der Waals surface area contributed by atoms with Gasteiger partial charge in [0.2, 0.25) is 0 Å². The molecule has 0 radical (unpaired) electrons. The van der Waals surface area contributed by atoms with Crippen molar-refractivity contribution >= 4 is 5.91 Å². The first-order chi connectivity index (χ1) is 13.5. The number of hydrogen-bond donors (Lipinski definition) is 1. The summed E-state index contributed by atoms with van der Waals surface area (Å²) in [6.45, 7) is 2.92. The first kappa shape index (κ1) is 18.0. The van der Waals surface area contributed by atoms with Crippen molar-refractivity contribution in [2.24, 2.45) is 0 Å². The number of carbonyl (C=O) groups excluding carboxylic acids is 1. The van der Waals surface area contributed by atoms with E-state index in [1.165, 1.54) is 0 Å². The Morgan fingerprint density at radius 1 is 1.14 bits per heavy atom. The van der Waals surface area contributed by atoms with Crippen LogP contribution in [-0.2, 0) is 13.0 Å². The van der Waals surface area contributed by atoms with E-state index in [1.807, 2.05) is 36.1 Å². The average Bonchev–Trinajstić information content (AvgIpc) is 2.73. The van der Waals surface area contributed by atoms with E-state index < -0.39 is 0 Å². The molecule has 1 N–H and O–H groups in total. The van der Waals surface area contributed by atoms with E-state index in [0.717, 1.165) is 22.5 Å². The van der Waals surface area contributed by atoms with Gasteiger partial charge in [0, 0.05) is 36.2 Å². The smallest absolute Gasteiger partial charge is 0.254 e. The number of aromatic hydroxyl groups is 1. The van der Waals surface area contributed by atoms with Crippen LogP contribution in [0.2, 0.25) is 0 Å². The number of amides is 1. The number of methoxy groups -OCH3 is 1. The van der Waals surface area contributed by atoms with Crippen LogP contribution in [0.25, 0.3) is 11.3 Å². The standard InChI is InChI=1S/C22H21N3O3/c1-14-23-20-10-11-25(22(27)16-4-3-5-18(12-16)28-2)13-19(20)21(24-14)15-6-8-17(26)9-7-15/h3-9,12,26H,10-11,13H2,1-2H3. The zero-order valence-corrected chi connectivity index (χ0v) is 15.8. The second-order valence-electron chi connectivity index (χ2n) is 6.80. The van der Waals surface area contributed by atoms with E-state index in [1.54, 1.807) is 31.4 Å². The second-order valence-corrected chi connectivity index (χ2v) is 6.80. The van der Waals surface area contributed by atoms with E-state index in [9.17, 15) is 9.90 Å². The predicted octanol–water partition coefficient (Wildman–Crippen LogP) is 3.36. The SMILES string of the molecule is COc1cccc(C(=O)N2CCc3nc(C)nc(-c4ccc(O)cc4)c3C2)c1. The summed E-state index contributed by atoms with van der Waals surface area (Å²) in [7, 11) is 1.59. The monoisotopic (exact) mass is 375 g/mol. The number of rotatable bonds is 3. The number of phenols is 1. The number of nitrogens with zero attached hydrogens (tertiary/aromatic N) is 3. The third-order valence-corrected chi connectivity index (χ3v) is 4.92. The summed E-state index contributed by atoms with van der Waals surface area (Å²) in [4.78, 5) is 24.1. The molecule has 3 aromatic rings. The third kappa shape index (κ3) is 3.41. The van der Waals surface area contributed by atoms with Crippen LogP contribution in [0.15, 0.2) is 48.5 Å². The van der Waals surface area contributed by atoms with Crippen LogP contribution in [0, 0.1) is 6.92 Å². The van der Waals surface area contributed by atoms with Crippen molar-refractivity contribution in [3.63, 3.8) is 0 Å². The minimum Gasteiger partial charge on any atom is -0.508 e. The first-order valence-corrected chi connectivity index (χ1v) is 9.14.